The van der Waals surface area contributed by atoms with Gasteiger partial charge in [-0.1, -0.05) is 0 Å². The lowest BCUT2D eigenvalue weighted by Crippen LogP contribution is -2.22. The summed E-state index contributed by atoms with van der Waals surface area (Å²) in [5.74, 6) is -1.63. The van der Waals surface area contributed by atoms with E-state index in [2.05, 4.69) is 20.8 Å². The number of carbonyl (C=O) groups is 2. The van der Waals surface area contributed by atoms with Crippen LogP contribution in [-0.2, 0) is 20.4 Å². The van der Waals surface area contributed by atoms with Crippen molar-refractivity contribution in [2.75, 3.05) is 32.2 Å². The van der Waals surface area contributed by atoms with Crippen molar-refractivity contribution in [3.8, 4) is 11.4 Å². The van der Waals surface area contributed by atoms with Crippen LogP contribution < -0.4 is 10.1 Å². The van der Waals surface area contributed by atoms with Gasteiger partial charge < -0.3 is 19.5 Å². The van der Waals surface area contributed by atoms with E-state index in [4.69, 9.17) is 14.2 Å². The van der Waals surface area contributed by atoms with Crippen molar-refractivity contribution >= 4 is 17.6 Å². The van der Waals surface area contributed by atoms with Crippen LogP contribution in [0.25, 0.3) is 5.69 Å². The summed E-state index contributed by atoms with van der Waals surface area (Å²) in [6.07, 6.45) is -3.25. The van der Waals surface area contributed by atoms with Gasteiger partial charge in [-0.05, 0) is 52.9 Å². The molecule has 0 unspecified atom stereocenters. The molecule has 1 heterocycles. The van der Waals surface area contributed by atoms with E-state index in [9.17, 15) is 22.8 Å². The monoisotopic (exact) mass is 465 g/mol. The summed E-state index contributed by atoms with van der Waals surface area (Å²) in [6.45, 7) is -0.472. The van der Waals surface area contributed by atoms with E-state index in [1.807, 2.05) is 0 Å². The minimum atomic E-state index is -4.62. The number of alkyl halides is 3. The summed E-state index contributed by atoms with van der Waals surface area (Å²) in [5.41, 5.74) is -0.438. The Bertz CT molecular complexity index is 1090. The Kier molecular flexibility index (Phi) is 7.56. The molecule has 0 saturated carbocycles. The third-order valence-corrected chi connectivity index (χ3v) is 4.18. The molecule has 0 aliphatic carbocycles. The molecule has 0 aliphatic rings. The first kappa shape index (κ1) is 23.7. The summed E-state index contributed by atoms with van der Waals surface area (Å²) in [6, 6.07) is 8.69. The van der Waals surface area contributed by atoms with Gasteiger partial charge >= 0.3 is 12.1 Å². The van der Waals surface area contributed by atoms with Crippen LogP contribution in [-0.4, -0.2) is 59.0 Å². The summed E-state index contributed by atoms with van der Waals surface area (Å²) in [7, 11) is 1.44. The second-order valence-electron chi connectivity index (χ2n) is 6.48. The molecule has 174 valence electrons. The van der Waals surface area contributed by atoms with E-state index >= 15 is 0 Å². The molecular weight excluding hydrogens is 447 g/mol. The van der Waals surface area contributed by atoms with Gasteiger partial charge in [-0.2, -0.15) is 13.2 Å². The zero-order valence-corrected chi connectivity index (χ0v) is 17.2. The van der Waals surface area contributed by atoms with Gasteiger partial charge in [0.15, 0.2) is 6.61 Å². The first-order valence-corrected chi connectivity index (χ1v) is 9.41. The second-order valence-corrected chi connectivity index (χ2v) is 6.48. The standard InChI is InChI=1S/C20H18F3N5O5/c1-31-8-9-32-17-7-4-14(20(21,22)23)10-16(17)25-18(29)11-33-19(30)13-2-5-15(6-3-13)28-12-24-26-27-28/h2-7,10,12H,8-9,11H2,1H3,(H,25,29). The molecule has 33 heavy (non-hydrogen) atoms. The molecule has 1 N–H and O–H groups in total. The average Bonchev–Trinajstić information content (AvgIpc) is 3.33. The molecule has 0 spiro atoms. The van der Waals surface area contributed by atoms with Crippen LogP contribution in [0, 0.1) is 0 Å². The van der Waals surface area contributed by atoms with Crippen LogP contribution in [0.1, 0.15) is 15.9 Å². The zero-order valence-electron chi connectivity index (χ0n) is 17.2. The predicted molar refractivity (Wildman–Crippen MR) is 107 cm³/mol. The molecule has 0 radical (unpaired) electrons. The van der Waals surface area contributed by atoms with Gasteiger partial charge in [0.2, 0.25) is 0 Å². The number of anilines is 1. The van der Waals surface area contributed by atoms with Crippen LogP contribution in [0.3, 0.4) is 0 Å². The number of nitrogens with zero attached hydrogens (tertiary/aromatic N) is 4. The highest BCUT2D eigenvalue weighted by Crippen LogP contribution is 2.35. The van der Waals surface area contributed by atoms with Gasteiger partial charge in [-0.25, -0.2) is 9.48 Å². The van der Waals surface area contributed by atoms with E-state index in [1.165, 1.54) is 30.3 Å². The number of ether oxygens (including phenoxy) is 3. The summed E-state index contributed by atoms with van der Waals surface area (Å²) >= 11 is 0. The third-order valence-electron chi connectivity index (χ3n) is 4.18. The van der Waals surface area contributed by atoms with Crippen molar-refractivity contribution in [1.29, 1.82) is 0 Å². The van der Waals surface area contributed by atoms with Crippen molar-refractivity contribution in [3.63, 3.8) is 0 Å². The van der Waals surface area contributed by atoms with Gasteiger partial charge in [0.1, 0.15) is 18.7 Å². The number of rotatable bonds is 9. The first-order chi connectivity index (χ1) is 15.8. The highest BCUT2D eigenvalue weighted by atomic mass is 19.4. The van der Waals surface area contributed by atoms with E-state index in [-0.39, 0.29) is 30.2 Å². The molecule has 1 aromatic heterocycles. The summed E-state index contributed by atoms with van der Waals surface area (Å²) < 4.78 is 55.7. The Morgan fingerprint density at radius 2 is 1.85 bits per heavy atom. The fourth-order valence-electron chi connectivity index (χ4n) is 2.60. The SMILES string of the molecule is COCCOc1ccc(C(F)(F)F)cc1NC(=O)COC(=O)c1ccc(-n2cnnn2)cc1. The minimum Gasteiger partial charge on any atom is -0.489 e. The molecule has 0 saturated heterocycles. The maximum atomic E-state index is 13.0. The van der Waals surface area contributed by atoms with Crippen LogP contribution in [0.5, 0.6) is 5.75 Å². The number of esters is 1. The van der Waals surface area contributed by atoms with E-state index < -0.39 is 30.2 Å². The lowest BCUT2D eigenvalue weighted by molar-refractivity contribution is -0.137. The number of amides is 1. The largest absolute Gasteiger partial charge is 0.489 e. The molecular formula is C20H18F3N5O5. The smallest absolute Gasteiger partial charge is 0.416 e. The van der Waals surface area contributed by atoms with Crippen LogP contribution in [0.2, 0.25) is 0 Å². The fraction of sp³-hybridized carbons (Fsp3) is 0.250. The molecule has 0 bridgehead atoms. The highest BCUT2D eigenvalue weighted by molar-refractivity contribution is 5.96. The Labute approximate surface area is 185 Å². The second kappa shape index (κ2) is 10.5. The van der Waals surface area contributed by atoms with Gasteiger partial charge in [0, 0.05) is 7.11 Å². The lowest BCUT2D eigenvalue weighted by atomic mass is 10.1. The third kappa shape index (κ3) is 6.49. The summed E-state index contributed by atoms with van der Waals surface area (Å²) in [4.78, 5) is 24.4. The maximum Gasteiger partial charge on any atom is 0.416 e. The fourth-order valence-corrected chi connectivity index (χ4v) is 2.60. The average molecular weight is 465 g/mol. The number of aromatic nitrogens is 4. The number of methoxy groups -OCH3 is 1. The van der Waals surface area contributed by atoms with Crippen molar-refractivity contribution in [1.82, 2.24) is 20.2 Å². The van der Waals surface area contributed by atoms with Gasteiger partial charge in [0.25, 0.3) is 5.91 Å². The molecule has 0 aliphatic heterocycles. The number of halogens is 3. The molecule has 0 atom stereocenters. The van der Waals surface area contributed by atoms with Crippen LogP contribution >= 0.6 is 0 Å². The van der Waals surface area contributed by atoms with Crippen molar-refractivity contribution < 1.29 is 37.0 Å². The van der Waals surface area contributed by atoms with Crippen molar-refractivity contribution in [3.05, 3.63) is 59.9 Å². The molecule has 3 rings (SSSR count). The Morgan fingerprint density at radius 1 is 1.09 bits per heavy atom. The van der Waals surface area contributed by atoms with E-state index in [0.29, 0.717) is 5.69 Å². The summed E-state index contributed by atoms with van der Waals surface area (Å²) in [5, 5.41) is 13.0. The van der Waals surface area contributed by atoms with E-state index in [0.717, 1.165) is 18.2 Å². The highest BCUT2D eigenvalue weighted by Gasteiger charge is 2.31. The van der Waals surface area contributed by atoms with Crippen molar-refractivity contribution in [2.45, 2.75) is 6.18 Å². The maximum absolute atomic E-state index is 13.0. The molecule has 10 nitrogen and oxygen atoms in total. The molecule has 13 heteroatoms. The topological polar surface area (TPSA) is 117 Å². The predicted octanol–water partition coefficient (Wildman–Crippen LogP) is 2.50. The zero-order chi connectivity index (χ0) is 23.8. The number of carbonyl (C=O) groups excluding carboxylic acids is 2. The van der Waals surface area contributed by atoms with E-state index in [1.54, 1.807) is 12.1 Å². The molecule has 0 fully saturated rings. The number of tetrazole rings is 1. The minimum absolute atomic E-state index is 0.0120. The number of nitrogens with one attached hydrogen (secondary N) is 1. The number of hydrogen-bond acceptors (Lipinski definition) is 8. The van der Waals surface area contributed by atoms with Crippen LogP contribution in [0.4, 0.5) is 18.9 Å². The Balaban J connectivity index is 1.62. The van der Waals surface area contributed by atoms with Gasteiger partial charge in [-0.3, -0.25) is 4.79 Å². The molecule has 2 aromatic carbocycles. The lowest BCUT2D eigenvalue weighted by Gasteiger charge is -2.15. The number of hydrogen-bond donors (Lipinski definition) is 1. The van der Waals surface area contributed by atoms with Gasteiger partial charge in [-0.15, -0.1) is 5.10 Å². The van der Waals surface area contributed by atoms with Crippen LogP contribution in [0.15, 0.2) is 48.8 Å². The molecule has 1 amide bonds. The van der Waals surface area contributed by atoms with Crippen molar-refractivity contribution in [2.24, 2.45) is 0 Å². The Hall–Kier alpha value is -4.00. The Morgan fingerprint density at radius 3 is 2.48 bits per heavy atom. The number of benzene rings is 2. The molecule has 3 aromatic rings. The quantitative estimate of drug-likeness (QED) is 0.378. The normalized spacial score (nSPS) is 11.2. The first-order valence-electron chi connectivity index (χ1n) is 9.41. The van der Waals surface area contributed by atoms with Gasteiger partial charge in [0.05, 0.1) is 29.1 Å².